The minimum Gasteiger partial charge on any atom is -0.370 e. The number of guanidine groups is 1. The van der Waals surface area contributed by atoms with Crippen molar-refractivity contribution in [3.05, 3.63) is 35.2 Å². The third kappa shape index (κ3) is 5.19. The van der Waals surface area contributed by atoms with Gasteiger partial charge in [-0.25, -0.2) is 0 Å². The molecule has 1 unspecified atom stereocenters. The summed E-state index contributed by atoms with van der Waals surface area (Å²) in [4.78, 5) is 22.0. The Morgan fingerprint density at radius 2 is 2.22 bits per heavy atom. The number of aliphatic imine (C=N–C) groups is 1. The van der Waals surface area contributed by atoms with Crippen molar-refractivity contribution in [2.75, 3.05) is 20.1 Å². The van der Waals surface area contributed by atoms with E-state index in [1.165, 1.54) is 0 Å². The maximum Gasteiger partial charge on any atom is 0.246 e. The molecule has 0 aliphatic carbocycles. The molecule has 8 nitrogen and oxygen atoms in total. The van der Waals surface area contributed by atoms with Gasteiger partial charge in [-0.1, -0.05) is 16.8 Å². The summed E-state index contributed by atoms with van der Waals surface area (Å²) in [7, 11) is 1.73. The number of halogens is 1. The highest BCUT2D eigenvalue weighted by atomic mass is 35.5. The average molecular weight is 391 g/mol. The van der Waals surface area contributed by atoms with Crippen LogP contribution in [0.5, 0.6) is 0 Å². The summed E-state index contributed by atoms with van der Waals surface area (Å²) in [6.45, 7) is 2.00. The molecule has 3 rings (SSSR count). The predicted octanol–water partition coefficient (Wildman–Crippen LogP) is 2.05. The van der Waals surface area contributed by atoms with Crippen molar-refractivity contribution in [2.45, 2.75) is 25.8 Å². The van der Waals surface area contributed by atoms with Crippen molar-refractivity contribution in [2.24, 2.45) is 16.6 Å². The fraction of sp³-hybridized carbons (Fsp3) is 0.444. The van der Waals surface area contributed by atoms with Crippen molar-refractivity contribution < 1.29 is 9.32 Å². The number of carbonyl (C=O) groups excluding carboxylic acids is 1. The van der Waals surface area contributed by atoms with Crippen molar-refractivity contribution in [3.8, 4) is 11.4 Å². The van der Waals surface area contributed by atoms with Gasteiger partial charge in [0.2, 0.25) is 17.6 Å². The molecular formula is C18H23ClN6O2. The first kappa shape index (κ1) is 19.2. The first-order chi connectivity index (χ1) is 13.0. The Balaban J connectivity index is 1.58. The number of nitrogens with one attached hydrogen (secondary N) is 1. The molecule has 27 heavy (non-hydrogen) atoms. The normalized spacial score (nSPS) is 17.8. The Kier molecular flexibility index (Phi) is 6.28. The second kappa shape index (κ2) is 8.85. The largest absolute Gasteiger partial charge is 0.370 e. The zero-order valence-corrected chi connectivity index (χ0v) is 15.9. The number of nitrogens with two attached hydrogens (primary N) is 1. The Morgan fingerprint density at radius 1 is 1.44 bits per heavy atom. The highest BCUT2D eigenvalue weighted by Crippen LogP contribution is 2.20. The van der Waals surface area contributed by atoms with Gasteiger partial charge in [-0.3, -0.25) is 9.79 Å². The van der Waals surface area contributed by atoms with E-state index in [2.05, 4.69) is 25.3 Å². The minimum absolute atomic E-state index is 0.259. The Bertz CT molecular complexity index is 804. The summed E-state index contributed by atoms with van der Waals surface area (Å²) < 4.78 is 5.31. The van der Waals surface area contributed by atoms with Crippen LogP contribution in [0.25, 0.3) is 11.4 Å². The molecule has 0 bridgehead atoms. The monoisotopic (exact) mass is 390 g/mol. The lowest BCUT2D eigenvalue weighted by molar-refractivity contribution is -0.119. The van der Waals surface area contributed by atoms with Crippen LogP contribution in [0.2, 0.25) is 5.02 Å². The van der Waals surface area contributed by atoms with Crippen molar-refractivity contribution >= 4 is 23.5 Å². The number of hydrogen-bond acceptors (Lipinski definition) is 5. The third-order valence-electron chi connectivity index (χ3n) is 4.49. The number of nitrogens with zero attached hydrogens (tertiary/aromatic N) is 4. The van der Waals surface area contributed by atoms with Gasteiger partial charge in [0.05, 0.1) is 6.54 Å². The summed E-state index contributed by atoms with van der Waals surface area (Å²) in [5, 5.41) is 7.91. The Labute approximate surface area is 162 Å². The lowest BCUT2D eigenvalue weighted by Crippen LogP contribution is -2.46. The van der Waals surface area contributed by atoms with E-state index in [0.717, 1.165) is 37.5 Å². The van der Waals surface area contributed by atoms with Crippen LogP contribution in [0, 0.1) is 5.92 Å². The number of rotatable bonds is 5. The predicted molar refractivity (Wildman–Crippen MR) is 103 cm³/mol. The Morgan fingerprint density at radius 3 is 2.93 bits per heavy atom. The topological polar surface area (TPSA) is 110 Å². The molecule has 1 aromatic heterocycles. The van der Waals surface area contributed by atoms with Gasteiger partial charge in [0.25, 0.3) is 0 Å². The number of hydrogen-bond donors (Lipinski definition) is 2. The number of amides is 1. The van der Waals surface area contributed by atoms with Crippen molar-refractivity contribution in [1.29, 1.82) is 0 Å². The maximum absolute atomic E-state index is 11.2. The first-order valence-electron chi connectivity index (χ1n) is 8.87. The van der Waals surface area contributed by atoms with Gasteiger partial charge in [-0.2, -0.15) is 4.98 Å². The highest BCUT2D eigenvalue weighted by Gasteiger charge is 2.23. The molecule has 1 atom stereocenters. The van der Waals surface area contributed by atoms with Gasteiger partial charge in [0, 0.05) is 37.1 Å². The molecular weight excluding hydrogens is 368 g/mol. The van der Waals surface area contributed by atoms with Crippen LogP contribution in [-0.4, -0.2) is 47.0 Å². The Hall–Kier alpha value is -2.61. The van der Waals surface area contributed by atoms with Crippen LogP contribution < -0.4 is 11.1 Å². The molecule has 0 saturated carbocycles. The van der Waals surface area contributed by atoms with Crippen molar-refractivity contribution in [1.82, 2.24) is 20.4 Å². The summed E-state index contributed by atoms with van der Waals surface area (Å²) >= 11 is 5.90. The smallest absolute Gasteiger partial charge is 0.246 e. The summed E-state index contributed by atoms with van der Waals surface area (Å²) in [5.74, 6) is 1.72. The van der Waals surface area contributed by atoms with Crippen LogP contribution in [0.4, 0.5) is 0 Å². The molecule has 9 heteroatoms. The number of benzene rings is 1. The van der Waals surface area contributed by atoms with Gasteiger partial charge in [0.1, 0.15) is 0 Å². The molecule has 0 spiro atoms. The first-order valence-corrected chi connectivity index (χ1v) is 9.25. The lowest BCUT2D eigenvalue weighted by atomic mass is 9.95. The van der Waals surface area contributed by atoms with Gasteiger partial charge in [0.15, 0.2) is 5.96 Å². The van der Waals surface area contributed by atoms with E-state index in [0.29, 0.717) is 29.7 Å². The van der Waals surface area contributed by atoms with Crippen LogP contribution in [-0.2, 0) is 11.3 Å². The molecule has 1 aliphatic heterocycles. The molecule has 1 aromatic carbocycles. The molecule has 1 amide bonds. The third-order valence-corrected chi connectivity index (χ3v) is 4.74. The summed E-state index contributed by atoms with van der Waals surface area (Å²) in [6, 6.07) is 7.25. The van der Waals surface area contributed by atoms with Gasteiger partial charge in [-0.05, 0) is 43.0 Å². The second-order valence-electron chi connectivity index (χ2n) is 6.54. The molecule has 2 aromatic rings. The minimum atomic E-state index is -0.259. The van der Waals surface area contributed by atoms with E-state index in [9.17, 15) is 4.79 Å². The standard InChI is InChI=1S/C18H23ClN6O2/c1-21-18(25-8-2-3-12(11-25)9-15(20)26)22-10-16-23-17(24-27-16)13-4-6-14(19)7-5-13/h4-7,12H,2-3,8-11H2,1H3,(H2,20,26)(H,21,22). The number of piperidine rings is 1. The van der Waals surface area contributed by atoms with E-state index >= 15 is 0 Å². The van der Waals surface area contributed by atoms with Crippen LogP contribution >= 0.6 is 11.6 Å². The van der Waals surface area contributed by atoms with Crippen molar-refractivity contribution in [3.63, 3.8) is 0 Å². The molecule has 1 aliphatic rings. The van der Waals surface area contributed by atoms with E-state index in [4.69, 9.17) is 21.9 Å². The molecule has 2 heterocycles. The summed E-state index contributed by atoms with van der Waals surface area (Å²) in [5.41, 5.74) is 6.17. The van der Waals surface area contributed by atoms with Crippen LogP contribution in [0.3, 0.4) is 0 Å². The fourth-order valence-corrected chi connectivity index (χ4v) is 3.36. The van der Waals surface area contributed by atoms with Crippen LogP contribution in [0.15, 0.2) is 33.8 Å². The molecule has 144 valence electrons. The lowest BCUT2D eigenvalue weighted by Gasteiger charge is -2.34. The fourth-order valence-electron chi connectivity index (χ4n) is 3.24. The van der Waals surface area contributed by atoms with Gasteiger partial charge in [-0.15, -0.1) is 0 Å². The molecule has 1 saturated heterocycles. The van der Waals surface area contributed by atoms with E-state index < -0.39 is 0 Å². The molecule has 1 fully saturated rings. The van der Waals surface area contributed by atoms with E-state index in [1.807, 2.05) is 12.1 Å². The number of carbonyl (C=O) groups is 1. The average Bonchev–Trinajstić information content (AvgIpc) is 3.11. The number of primary amides is 1. The van der Waals surface area contributed by atoms with Gasteiger partial charge < -0.3 is 20.5 Å². The second-order valence-corrected chi connectivity index (χ2v) is 6.98. The zero-order valence-electron chi connectivity index (χ0n) is 15.2. The maximum atomic E-state index is 11.2. The summed E-state index contributed by atoms with van der Waals surface area (Å²) in [6.07, 6.45) is 2.41. The number of likely N-dealkylation sites (tertiary alicyclic amines) is 1. The number of aromatic nitrogens is 2. The SMILES string of the molecule is CN=C(NCc1nc(-c2ccc(Cl)cc2)no1)N1CCCC(CC(N)=O)C1. The highest BCUT2D eigenvalue weighted by molar-refractivity contribution is 6.30. The van der Waals surface area contributed by atoms with Gasteiger partial charge >= 0.3 is 0 Å². The quantitative estimate of drug-likeness (QED) is 0.597. The zero-order chi connectivity index (χ0) is 19.2. The molecule has 3 N–H and O–H groups in total. The van der Waals surface area contributed by atoms with E-state index in [-0.39, 0.29) is 11.8 Å². The van der Waals surface area contributed by atoms with Crippen LogP contribution in [0.1, 0.15) is 25.2 Å². The molecule has 0 radical (unpaired) electrons. The van der Waals surface area contributed by atoms with E-state index in [1.54, 1.807) is 19.2 Å².